The van der Waals surface area contributed by atoms with Crippen molar-refractivity contribution >= 4 is 9.05 Å². The van der Waals surface area contributed by atoms with Crippen LogP contribution in [0.2, 0.25) is 0 Å². The van der Waals surface area contributed by atoms with Crippen LogP contribution >= 0.6 is 0 Å². The van der Waals surface area contributed by atoms with Crippen molar-refractivity contribution in [3.8, 4) is 0 Å². The summed E-state index contributed by atoms with van der Waals surface area (Å²) in [5.74, 6) is 0. The van der Waals surface area contributed by atoms with E-state index in [9.17, 15) is 10.2 Å². The van der Waals surface area contributed by atoms with E-state index < -0.39 is 21.6 Å². The topological polar surface area (TPSA) is 77.4 Å². The van der Waals surface area contributed by atoms with Crippen LogP contribution in [0.25, 0.3) is 0 Å². The van der Waals surface area contributed by atoms with Gasteiger partial charge in [-0.15, -0.1) is 0 Å². The zero-order valence-electron chi connectivity index (χ0n) is 18.6. The molecular weight excluding hydrogens is 412 g/mol. The number of unbranched alkanes of at least 4 members (excludes halogenated alkanes) is 4. The highest BCUT2D eigenvalue weighted by Crippen LogP contribution is 2.28. The standard InChI is InChI=1S/C24H36O6Si/c1-3-5-13-19-27-31(28-20-14-6-4-2,29-23(25)21-15-9-7-10-16-21)30-24(26)22-17-11-8-12-18-22/h7-12,15-18,23-26H,3-6,13-14,19-20H2,1-2H3. The van der Waals surface area contributed by atoms with E-state index in [2.05, 4.69) is 13.8 Å². The van der Waals surface area contributed by atoms with Crippen LogP contribution in [0.1, 0.15) is 76.1 Å². The predicted octanol–water partition coefficient (Wildman–Crippen LogP) is 5.25. The Hall–Kier alpha value is -1.58. The molecule has 31 heavy (non-hydrogen) atoms. The smallest absolute Gasteiger partial charge is 0.365 e. The molecule has 0 spiro atoms. The largest absolute Gasteiger partial charge is 0.684 e. The third-order valence-corrected chi connectivity index (χ3v) is 6.87. The fraction of sp³-hybridized carbons (Fsp3) is 0.500. The average molecular weight is 449 g/mol. The molecule has 6 nitrogen and oxygen atoms in total. The number of hydrogen-bond acceptors (Lipinski definition) is 6. The van der Waals surface area contributed by atoms with E-state index in [1.807, 2.05) is 36.4 Å². The van der Waals surface area contributed by atoms with Crippen LogP contribution in [0.4, 0.5) is 0 Å². The molecule has 172 valence electrons. The molecule has 2 rings (SSSR count). The number of hydrogen-bond donors (Lipinski definition) is 2. The summed E-state index contributed by atoms with van der Waals surface area (Å²) in [6, 6.07) is 18.0. The lowest BCUT2D eigenvalue weighted by atomic mass is 10.2. The zero-order chi connectivity index (χ0) is 22.4. The Morgan fingerprint density at radius 3 is 1.39 bits per heavy atom. The van der Waals surface area contributed by atoms with Crippen LogP contribution < -0.4 is 0 Å². The number of aliphatic hydroxyl groups is 2. The monoisotopic (exact) mass is 448 g/mol. The first-order chi connectivity index (χ1) is 15.1. The first-order valence-electron chi connectivity index (χ1n) is 11.2. The summed E-state index contributed by atoms with van der Waals surface area (Å²) in [5.41, 5.74) is 1.12. The first kappa shape index (κ1) is 25.7. The Balaban J connectivity index is 2.23. The molecule has 0 aromatic heterocycles. The summed E-state index contributed by atoms with van der Waals surface area (Å²) in [7, 11) is -3.89. The normalized spacial score (nSPS) is 13.8. The molecule has 0 amide bonds. The van der Waals surface area contributed by atoms with Gasteiger partial charge < -0.3 is 27.9 Å². The van der Waals surface area contributed by atoms with Crippen molar-refractivity contribution in [2.24, 2.45) is 0 Å². The molecule has 7 heteroatoms. The Bertz CT molecular complexity index is 638. The van der Waals surface area contributed by atoms with Gasteiger partial charge in [-0.05, 0) is 12.8 Å². The molecule has 0 aliphatic carbocycles. The van der Waals surface area contributed by atoms with Gasteiger partial charge in [0.1, 0.15) is 0 Å². The van der Waals surface area contributed by atoms with Gasteiger partial charge in [0.25, 0.3) is 0 Å². The minimum atomic E-state index is -3.89. The average Bonchev–Trinajstić information content (AvgIpc) is 2.81. The molecule has 2 unspecified atom stereocenters. The highest BCUT2D eigenvalue weighted by atomic mass is 28.4. The zero-order valence-corrected chi connectivity index (χ0v) is 19.6. The maximum Gasteiger partial charge on any atom is 0.684 e. The van der Waals surface area contributed by atoms with Crippen molar-refractivity contribution in [3.63, 3.8) is 0 Å². The summed E-state index contributed by atoms with van der Waals surface area (Å²) in [6.07, 6.45) is 3.07. The van der Waals surface area contributed by atoms with Crippen molar-refractivity contribution in [3.05, 3.63) is 71.8 Å². The highest BCUT2D eigenvalue weighted by Gasteiger charge is 2.50. The van der Waals surface area contributed by atoms with Crippen LogP contribution in [-0.4, -0.2) is 32.5 Å². The Labute approximate surface area is 187 Å². The van der Waals surface area contributed by atoms with Crippen molar-refractivity contribution < 1.29 is 27.9 Å². The lowest BCUT2D eigenvalue weighted by Crippen LogP contribution is -2.51. The second-order valence-electron chi connectivity index (χ2n) is 7.37. The summed E-state index contributed by atoms with van der Waals surface area (Å²) >= 11 is 0. The summed E-state index contributed by atoms with van der Waals surface area (Å²) in [6.45, 7) is 4.93. The molecule has 2 N–H and O–H groups in total. The van der Waals surface area contributed by atoms with Gasteiger partial charge in [-0.3, -0.25) is 0 Å². The van der Waals surface area contributed by atoms with Crippen LogP contribution in [-0.2, 0) is 17.7 Å². The molecule has 0 saturated heterocycles. The first-order valence-corrected chi connectivity index (χ1v) is 12.8. The molecule has 0 saturated carbocycles. The summed E-state index contributed by atoms with van der Waals surface area (Å²) in [4.78, 5) is 0. The Morgan fingerprint density at radius 2 is 1.03 bits per heavy atom. The molecule has 0 fully saturated rings. The van der Waals surface area contributed by atoms with Gasteiger partial charge in [0, 0.05) is 24.3 Å². The van der Waals surface area contributed by atoms with E-state index >= 15 is 0 Å². The van der Waals surface area contributed by atoms with Gasteiger partial charge in [-0.2, -0.15) is 0 Å². The fourth-order valence-electron chi connectivity index (χ4n) is 2.95. The van der Waals surface area contributed by atoms with Crippen LogP contribution in [0.3, 0.4) is 0 Å². The number of aliphatic hydroxyl groups excluding tert-OH is 2. The lowest BCUT2D eigenvalue weighted by Gasteiger charge is -2.32. The summed E-state index contributed by atoms with van der Waals surface area (Å²) in [5, 5.41) is 21.5. The van der Waals surface area contributed by atoms with E-state index in [0.29, 0.717) is 24.3 Å². The van der Waals surface area contributed by atoms with Crippen molar-refractivity contribution in [2.75, 3.05) is 13.2 Å². The van der Waals surface area contributed by atoms with Crippen molar-refractivity contribution in [1.29, 1.82) is 0 Å². The molecule has 0 heterocycles. The van der Waals surface area contributed by atoms with Crippen LogP contribution in [0.15, 0.2) is 60.7 Å². The minimum absolute atomic E-state index is 0.358. The quantitative estimate of drug-likeness (QED) is 0.207. The van der Waals surface area contributed by atoms with E-state index in [-0.39, 0.29) is 0 Å². The van der Waals surface area contributed by atoms with E-state index in [4.69, 9.17) is 17.7 Å². The molecule has 2 aromatic rings. The summed E-state index contributed by atoms with van der Waals surface area (Å²) < 4.78 is 24.0. The Morgan fingerprint density at radius 1 is 0.645 bits per heavy atom. The fourth-order valence-corrected chi connectivity index (χ4v) is 4.97. The van der Waals surface area contributed by atoms with Crippen LogP contribution in [0, 0.1) is 0 Å². The van der Waals surface area contributed by atoms with Crippen LogP contribution in [0.5, 0.6) is 0 Å². The minimum Gasteiger partial charge on any atom is -0.365 e. The van der Waals surface area contributed by atoms with Gasteiger partial charge in [-0.25, -0.2) is 0 Å². The van der Waals surface area contributed by atoms with Gasteiger partial charge in [0.2, 0.25) is 0 Å². The highest BCUT2D eigenvalue weighted by molar-refractivity contribution is 6.53. The third kappa shape index (κ3) is 9.20. The van der Waals surface area contributed by atoms with Gasteiger partial charge in [0.05, 0.1) is 0 Å². The number of benzene rings is 2. The third-order valence-electron chi connectivity index (χ3n) is 4.73. The van der Waals surface area contributed by atoms with E-state index in [1.54, 1.807) is 24.3 Å². The second kappa shape index (κ2) is 14.5. The van der Waals surface area contributed by atoms with E-state index in [0.717, 1.165) is 38.5 Å². The van der Waals surface area contributed by atoms with Crippen molar-refractivity contribution in [2.45, 2.75) is 65.0 Å². The van der Waals surface area contributed by atoms with E-state index in [1.165, 1.54) is 0 Å². The molecular formula is C24H36O6Si. The van der Waals surface area contributed by atoms with Gasteiger partial charge >= 0.3 is 9.05 Å². The van der Waals surface area contributed by atoms with Gasteiger partial charge in [-0.1, -0.05) is 100 Å². The predicted molar refractivity (Wildman–Crippen MR) is 122 cm³/mol. The Kier molecular flexibility index (Phi) is 12.0. The lowest BCUT2D eigenvalue weighted by molar-refractivity contribution is -0.167. The molecule has 2 aromatic carbocycles. The maximum atomic E-state index is 10.7. The molecule has 0 aliphatic heterocycles. The molecule has 0 aliphatic rings. The maximum absolute atomic E-state index is 10.7. The van der Waals surface area contributed by atoms with Crippen molar-refractivity contribution in [1.82, 2.24) is 0 Å². The van der Waals surface area contributed by atoms with Gasteiger partial charge in [0.15, 0.2) is 12.6 Å². The second-order valence-corrected chi connectivity index (χ2v) is 9.42. The molecule has 2 atom stereocenters. The number of rotatable bonds is 16. The molecule has 0 radical (unpaired) electrons. The SMILES string of the molecule is CCCCCO[Si](OCCCCC)(OC(O)c1ccccc1)OC(O)c1ccccc1. The molecule has 0 bridgehead atoms.